The number of hydrogen-bond acceptors (Lipinski definition) is 3. The van der Waals surface area contributed by atoms with E-state index in [2.05, 4.69) is 4.90 Å². The monoisotopic (exact) mass is 327 g/mol. The number of piperidine rings is 1. The van der Waals surface area contributed by atoms with Gasteiger partial charge < -0.3 is 14.6 Å². The first-order chi connectivity index (χ1) is 11.6. The lowest BCUT2D eigenvalue weighted by atomic mass is 10.1. The number of nitrogens with zero attached hydrogens (tertiary/aromatic N) is 3. The first-order valence-corrected chi connectivity index (χ1v) is 8.90. The number of aromatic nitrogens is 1. The van der Waals surface area contributed by atoms with Gasteiger partial charge in [-0.2, -0.15) is 0 Å². The van der Waals surface area contributed by atoms with Gasteiger partial charge in [-0.25, -0.2) is 0 Å². The van der Waals surface area contributed by atoms with E-state index in [9.17, 15) is 9.90 Å². The van der Waals surface area contributed by atoms with Crippen LogP contribution in [0.3, 0.4) is 0 Å². The highest BCUT2D eigenvalue weighted by Crippen LogP contribution is 2.25. The average molecular weight is 327 g/mol. The van der Waals surface area contributed by atoms with Crippen LogP contribution in [0, 0.1) is 0 Å². The molecule has 1 N–H and O–H groups in total. The number of aliphatic hydroxyl groups excluding tert-OH is 1. The summed E-state index contributed by atoms with van der Waals surface area (Å²) in [6.07, 6.45) is 5.21. The Bertz CT molecular complexity index is 748. The normalized spacial score (nSPS) is 25.5. The molecule has 3 heterocycles. The molecule has 0 spiro atoms. The Labute approximate surface area is 142 Å². The van der Waals surface area contributed by atoms with E-state index in [-0.39, 0.29) is 11.9 Å². The second-order valence-corrected chi connectivity index (χ2v) is 7.11. The van der Waals surface area contributed by atoms with Crippen LogP contribution < -0.4 is 0 Å². The van der Waals surface area contributed by atoms with Crippen LogP contribution in [-0.4, -0.2) is 63.7 Å². The number of carbonyl (C=O) groups excluding carboxylic acids is 1. The molecule has 5 nitrogen and oxygen atoms in total. The molecule has 0 saturated carbocycles. The third-order valence-corrected chi connectivity index (χ3v) is 5.56. The maximum absolute atomic E-state index is 13.0. The number of benzene rings is 1. The van der Waals surface area contributed by atoms with Gasteiger partial charge in [0.1, 0.15) is 0 Å². The minimum Gasteiger partial charge on any atom is -0.390 e. The zero-order chi connectivity index (χ0) is 16.7. The summed E-state index contributed by atoms with van der Waals surface area (Å²) < 4.78 is 2.03. The lowest BCUT2D eigenvalue weighted by molar-refractivity contribution is 0.0703. The molecular weight excluding hydrogens is 302 g/mol. The molecule has 0 bridgehead atoms. The predicted octanol–water partition coefficient (Wildman–Crippen LogP) is 1.85. The number of hydrogen-bond donors (Lipinski definition) is 1. The fourth-order valence-electron chi connectivity index (χ4n) is 4.20. The van der Waals surface area contributed by atoms with E-state index in [4.69, 9.17) is 0 Å². The molecule has 1 aromatic heterocycles. The van der Waals surface area contributed by atoms with Gasteiger partial charge >= 0.3 is 0 Å². The van der Waals surface area contributed by atoms with E-state index in [1.165, 1.54) is 19.3 Å². The fraction of sp³-hybridized carbons (Fsp3) is 0.526. The third-order valence-electron chi connectivity index (χ3n) is 5.56. The number of aliphatic hydroxyl groups is 1. The minimum absolute atomic E-state index is 0.0327. The van der Waals surface area contributed by atoms with Gasteiger partial charge in [-0.3, -0.25) is 9.69 Å². The molecule has 2 saturated heterocycles. The number of β-amino-alcohol motifs (C(OH)–C–C–N with tert-alkyl or cyclic N) is 1. The van der Waals surface area contributed by atoms with Gasteiger partial charge in [0, 0.05) is 42.8 Å². The third kappa shape index (κ3) is 2.62. The van der Waals surface area contributed by atoms with Gasteiger partial charge in [-0.05, 0) is 44.1 Å². The first kappa shape index (κ1) is 15.7. The quantitative estimate of drug-likeness (QED) is 0.916. The second kappa shape index (κ2) is 6.22. The second-order valence-electron chi connectivity index (χ2n) is 7.11. The van der Waals surface area contributed by atoms with E-state index in [0.717, 1.165) is 29.6 Å². The van der Waals surface area contributed by atoms with E-state index in [1.54, 1.807) is 0 Å². The summed E-state index contributed by atoms with van der Waals surface area (Å²) >= 11 is 0. The highest BCUT2D eigenvalue weighted by atomic mass is 16.3. The van der Waals surface area contributed by atoms with Gasteiger partial charge in [0.25, 0.3) is 5.91 Å². The number of likely N-dealkylation sites (tertiary alicyclic amines) is 2. The molecular formula is C19H25N3O2. The van der Waals surface area contributed by atoms with Crippen molar-refractivity contribution in [1.82, 2.24) is 14.4 Å². The maximum Gasteiger partial charge on any atom is 0.254 e. The van der Waals surface area contributed by atoms with Crippen LogP contribution >= 0.6 is 0 Å². The summed E-state index contributed by atoms with van der Waals surface area (Å²) in [5.74, 6) is 0.0327. The number of fused-ring (bicyclic) bond motifs is 1. The van der Waals surface area contributed by atoms with Crippen LogP contribution in [0.5, 0.6) is 0 Å². The summed E-state index contributed by atoms with van der Waals surface area (Å²) in [5, 5.41) is 11.5. The molecule has 2 fully saturated rings. The van der Waals surface area contributed by atoms with E-state index >= 15 is 0 Å². The predicted molar refractivity (Wildman–Crippen MR) is 94.0 cm³/mol. The maximum atomic E-state index is 13.0. The lowest BCUT2D eigenvalue weighted by Crippen LogP contribution is -2.46. The summed E-state index contributed by atoms with van der Waals surface area (Å²) in [4.78, 5) is 17.2. The fourth-order valence-corrected chi connectivity index (χ4v) is 4.20. The Morgan fingerprint density at radius 1 is 1.12 bits per heavy atom. The SMILES string of the molecule is Cn1ccc2c(C(=O)N3C[C@H](O)[C@@H](N4CCCCC4)C3)cccc21. The van der Waals surface area contributed by atoms with Crippen molar-refractivity contribution in [1.29, 1.82) is 0 Å². The molecule has 128 valence electrons. The molecule has 2 aliphatic heterocycles. The van der Waals surface area contributed by atoms with Crippen molar-refractivity contribution in [3.63, 3.8) is 0 Å². The molecule has 5 heteroatoms. The Balaban J connectivity index is 1.56. The van der Waals surface area contributed by atoms with Crippen LogP contribution in [-0.2, 0) is 7.05 Å². The van der Waals surface area contributed by atoms with Gasteiger partial charge in [-0.15, -0.1) is 0 Å². The van der Waals surface area contributed by atoms with Gasteiger partial charge in [0.05, 0.1) is 12.1 Å². The van der Waals surface area contributed by atoms with Crippen LogP contribution in [0.15, 0.2) is 30.5 Å². The van der Waals surface area contributed by atoms with Crippen LogP contribution in [0.1, 0.15) is 29.6 Å². The summed E-state index contributed by atoms with van der Waals surface area (Å²) in [5.41, 5.74) is 1.80. The zero-order valence-corrected chi connectivity index (χ0v) is 14.2. The molecule has 0 aliphatic carbocycles. The summed E-state index contributed by atoms with van der Waals surface area (Å²) in [6.45, 7) is 3.14. The summed E-state index contributed by atoms with van der Waals surface area (Å²) in [6, 6.07) is 7.94. The first-order valence-electron chi connectivity index (χ1n) is 8.90. The van der Waals surface area contributed by atoms with Gasteiger partial charge in [0.2, 0.25) is 0 Å². The minimum atomic E-state index is -0.443. The van der Waals surface area contributed by atoms with E-state index in [0.29, 0.717) is 13.1 Å². The molecule has 4 rings (SSSR count). The lowest BCUT2D eigenvalue weighted by Gasteiger charge is -2.33. The van der Waals surface area contributed by atoms with Crippen LogP contribution in [0.2, 0.25) is 0 Å². The highest BCUT2D eigenvalue weighted by molar-refractivity contribution is 6.06. The molecule has 24 heavy (non-hydrogen) atoms. The zero-order valence-electron chi connectivity index (χ0n) is 14.2. The number of carbonyl (C=O) groups is 1. The Kier molecular flexibility index (Phi) is 4.06. The van der Waals surface area contributed by atoms with Gasteiger partial charge in [-0.1, -0.05) is 12.5 Å². The van der Waals surface area contributed by atoms with Crippen molar-refractivity contribution < 1.29 is 9.90 Å². The smallest absolute Gasteiger partial charge is 0.254 e. The number of aryl methyl sites for hydroxylation is 1. The Morgan fingerprint density at radius 3 is 2.71 bits per heavy atom. The number of rotatable bonds is 2. The molecule has 0 radical (unpaired) electrons. The molecule has 1 aromatic carbocycles. The van der Waals surface area contributed by atoms with E-state index in [1.807, 2.05) is 47.0 Å². The van der Waals surface area contributed by atoms with E-state index < -0.39 is 6.10 Å². The van der Waals surface area contributed by atoms with Gasteiger partial charge in [0.15, 0.2) is 0 Å². The Morgan fingerprint density at radius 2 is 1.92 bits per heavy atom. The molecule has 0 unspecified atom stereocenters. The standard InChI is InChI=1S/C19H25N3O2/c1-20-11-8-14-15(6-5-7-16(14)20)19(24)22-12-17(18(23)13-22)21-9-3-2-4-10-21/h5-8,11,17-18,23H,2-4,9-10,12-13H2,1H3/t17-,18-/m0/s1. The number of amides is 1. The summed E-state index contributed by atoms with van der Waals surface area (Å²) in [7, 11) is 1.99. The van der Waals surface area contributed by atoms with Crippen molar-refractivity contribution in [2.45, 2.75) is 31.4 Å². The van der Waals surface area contributed by atoms with Crippen molar-refractivity contribution in [3.8, 4) is 0 Å². The highest BCUT2D eigenvalue weighted by Gasteiger charge is 2.38. The molecule has 2 aromatic rings. The topological polar surface area (TPSA) is 48.7 Å². The van der Waals surface area contributed by atoms with Crippen LogP contribution in [0.4, 0.5) is 0 Å². The van der Waals surface area contributed by atoms with Crippen molar-refractivity contribution in [2.75, 3.05) is 26.2 Å². The van der Waals surface area contributed by atoms with Crippen LogP contribution in [0.25, 0.3) is 10.9 Å². The van der Waals surface area contributed by atoms with Crippen molar-refractivity contribution in [2.24, 2.45) is 7.05 Å². The molecule has 1 amide bonds. The van der Waals surface area contributed by atoms with Crippen molar-refractivity contribution >= 4 is 16.8 Å². The molecule has 2 aliphatic rings. The average Bonchev–Trinajstić information content (AvgIpc) is 3.18. The Hall–Kier alpha value is -1.85. The molecule has 2 atom stereocenters. The largest absolute Gasteiger partial charge is 0.390 e. The van der Waals surface area contributed by atoms with Crippen molar-refractivity contribution in [3.05, 3.63) is 36.0 Å².